The quantitative estimate of drug-likeness (QED) is 0.736. The summed E-state index contributed by atoms with van der Waals surface area (Å²) in [5.74, 6) is 1.25. The van der Waals surface area contributed by atoms with E-state index in [4.69, 9.17) is 9.47 Å². The summed E-state index contributed by atoms with van der Waals surface area (Å²) in [7, 11) is 3.36. The summed E-state index contributed by atoms with van der Waals surface area (Å²) in [5, 5.41) is 2.86. The first-order valence-electron chi connectivity index (χ1n) is 8.92. The average Bonchev–Trinajstić information content (AvgIpc) is 2.67. The number of aryl methyl sites for hydroxylation is 1. The zero-order valence-corrected chi connectivity index (χ0v) is 16.0. The van der Waals surface area contributed by atoms with Crippen LogP contribution in [0.1, 0.15) is 18.9 Å². The van der Waals surface area contributed by atoms with Crippen LogP contribution in [-0.2, 0) is 16.0 Å². The van der Waals surface area contributed by atoms with Crippen LogP contribution in [0, 0.1) is 0 Å². The normalized spacial score (nSPS) is 10.2. The van der Waals surface area contributed by atoms with Gasteiger partial charge in [-0.1, -0.05) is 12.1 Å². The zero-order chi connectivity index (χ0) is 19.6. The van der Waals surface area contributed by atoms with Gasteiger partial charge < -0.3 is 19.7 Å². The Morgan fingerprint density at radius 2 is 1.52 bits per heavy atom. The summed E-state index contributed by atoms with van der Waals surface area (Å²) in [4.78, 5) is 25.1. The van der Waals surface area contributed by atoms with E-state index in [2.05, 4.69) is 5.32 Å². The largest absolute Gasteiger partial charge is 0.494 e. The maximum Gasteiger partial charge on any atom is 0.259 e. The summed E-state index contributed by atoms with van der Waals surface area (Å²) in [6.07, 6.45) is 1.05. The van der Waals surface area contributed by atoms with Gasteiger partial charge in [-0.05, 0) is 55.3 Å². The number of anilines is 1. The number of carbonyl (C=O) groups excluding carboxylic acids is 2. The molecule has 27 heavy (non-hydrogen) atoms. The molecule has 0 fully saturated rings. The molecule has 0 saturated carbocycles. The van der Waals surface area contributed by atoms with Crippen molar-refractivity contribution in [1.82, 2.24) is 4.90 Å². The Bertz CT molecular complexity index is 740. The molecule has 0 aromatic heterocycles. The molecule has 2 amide bonds. The van der Waals surface area contributed by atoms with E-state index in [1.807, 2.05) is 31.2 Å². The Morgan fingerprint density at radius 3 is 2.11 bits per heavy atom. The molecule has 0 aliphatic rings. The predicted octanol–water partition coefficient (Wildman–Crippen LogP) is 3.12. The van der Waals surface area contributed by atoms with Crippen LogP contribution in [0.4, 0.5) is 5.69 Å². The number of rotatable bonds is 9. The van der Waals surface area contributed by atoms with E-state index in [0.717, 1.165) is 11.3 Å². The molecular formula is C21H26N2O4. The number of nitrogens with zero attached hydrogens (tertiary/aromatic N) is 1. The molecule has 1 N–H and O–H groups in total. The molecule has 2 aromatic rings. The van der Waals surface area contributed by atoms with E-state index in [1.54, 1.807) is 38.4 Å². The topological polar surface area (TPSA) is 67.9 Å². The van der Waals surface area contributed by atoms with E-state index in [9.17, 15) is 9.59 Å². The van der Waals surface area contributed by atoms with Crippen LogP contribution in [0.3, 0.4) is 0 Å². The minimum absolute atomic E-state index is 0.0131. The Kier molecular flexibility index (Phi) is 7.67. The Labute approximate surface area is 160 Å². The Morgan fingerprint density at radius 1 is 0.926 bits per heavy atom. The lowest BCUT2D eigenvalue weighted by Crippen LogP contribution is -2.27. The summed E-state index contributed by atoms with van der Waals surface area (Å²) >= 11 is 0. The van der Waals surface area contributed by atoms with Gasteiger partial charge in [0.1, 0.15) is 11.5 Å². The molecule has 0 heterocycles. The molecule has 6 nitrogen and oxygen atoms in total. The van der Waals surface area contributed by atoms with Crippen LogP contribution in [-0.4, -0.2) is 44.0 Å². The van der Waals surface area contributed by atoms with Crippen molar-refractivity contribution in [3.8, 4) is 11.5 Å². The van der Waals surface area contributed by atoms with Gasteiger partial charge in [-0.3, -0.25) is 9.59 Å². The molecule has 0 unspecified atom stereocenters. The molecule has 2 aromatic carbocycles. The average molecular weight is 370 g/mol. The SMILES string of the molecule is CCOc1ccc(CCC(=O)Nc2ccc(OCC(=O)N(C)C)cc2)cc1. The number of ether oxygens (including phenoxy) is 2. The van der Waals surface area contributed by atoms with Crippen LogP contribution >= 0.6 is 0 Å². The van der Waals surface area contributed by atoms with Crippen molar-refractivity contribution in [2.75, 3.05) is 32.6 Å². The van der Waals surface area contributed by atoms with Gasteiger partial charge in [0, 0.05) is 26.2 Å². The third-order valence-corrected chi connectivity index (χ3v) is 3.87. The van der Waals surface area contributed by atoms with Gasteiger partial charge in [0.2, 0.25) is 5.91 Å². The highest BCUT2D eigenvalue weighted by Crippen LogP contribution is 2.17. The van der Waals surface area contributed by atoms with Crippen molar-refractivity contribution in [2.45, 2.75) is 19.8 Å². The summed E-state index contributed by atoms with van der Waals surface area (Å²) in [6.45, 7) is 2.57. The maximum atomic E-state index is 12.1. The lowest BCUT2D eigenvalue weighted by Gasteiger charge is -2.12. The maximum absolute atomic E-state index is 12.1. The number of hydrogen-bond acceptors (Lipinski definition) is 4. The fourth-order valence-electron chi connectivity index (χ4n) is 2.31. The van der Waals surface area contributed by atoms with E-state index in [0.29, 0.717) is 30.9 Å². The molecular weight excluding hydrogens is 344 g/mol. The molecule has 0 spiro atoms. The van der Waals surface area contributed by atoms with Crippen LogP contribution in [0.25, 0.3) is 0 Å². The molecule has 0 bridgehead atoms. The van der Waals surface area contributed by atoms with Gasteiger partial charge >= 0.3 is 0 Å². The fraction of sp³-hybridized carbons (Fsp3) is 0.333. The van der Waals surface area contributed by atoms with Crippen molar-refractivity contribution < 1.29 is 19.1 Å². The third kappa shape index (κ3) is 7.01. The highest BCUT2D eigenvalue weighted by molar-refractivity contribution is 5.90. The zero-order valence-electron chi connectivity index (χ0n) is 16.0. The molecule has 0 aliphatic heterocycles. The number of carbonyl (C=O) groups is 2. The van der Waals surface area contributed by atoms with Gasteiger partial charge in [0.05, 0.1) is 6.61 Å². The van der Waals surface area contributed by atoms with Gasteiger partial charge in [0.15, 0.2) is 6.61 Å². The fourth-order valence-corrected chi connectivity index (χ4v) is 2.31. The van der Waals surface area contributed by atoms with Crippen molar-refractivity contribution in [3.05, 3.63) is 54.1 Å². The van der Waals surface area contributed by atoms with Crippen LogP contribution < -0.4 is 14.8 Å². The standard InChI is InChI=1S/C21H26N2O4/c1-4-26-18-10-5-16(6-11-18)7-14-20(24)22-17-8-12-19(13-9-17)27-15-21(25)23(2)3/h5-6,8-13H,4,7,14-15H2,1-3H3,(H,22,24). The number of likely N-dealkylation sites (N-methyl/N-ethyl adjacent to an activating group) is 1. The lowest BCUT2D eigenvalue weighted by atomic mass is 10.1. The molecule has 0 radical (unpaired) electrons. The minimum Gasteiger partial charge on any atom is -0.494 e. The summed E-state index contributed by atoms with van der Waals surface area (Å²) in [5.41, 5.74) is 1.78. The number of nitrogens with one attached hydrogen (secondary N) is 1. The van der Waals surface area contributed by atoms with Gasteiger partial charge in [-0.15, -0.1) is 0 Å². The highest BCUT2D eigenvalue weighted by Gasteiger charge is 2.06. The smallest absolute Gasteiger partial charge is 0.259 e. The number of hydrogen-bond donors (Lipinski definition) is 1. The van der Waals surface area contributed by atoms with E-state index in [-0.39, 0.29) is 18.4 Å². The summed E-state index contributed by atoms with van der Waals surface area (Å²) < 4.78 is 10.8. The van der Waals surface area contributed by atoms with E-state index >= 15 is 0 Å². The van der Waals surface area contributed by atoms with Gasteiger partial charge in [-0.2, -0.15) is 0 Å². The Hall–Kier alpha value is -3.02. The molecule has 144 valence electrons. The third-order valence-electron chi connectivity index (χ3n) is 3.87. The molecule has 6 heteroatoms. The van der Waals surface area contributed by atoms with Crippen LogP contribution in [0.15, 0.2) is 48.5 Å². The van der Waals surface area contributed by atoms with Gasteiger partial charge in [0.25, 0.3) is 5.91 Å². The van der Waals surface area contributed by atoms with Crippen molar-refractivity contribution in [3.63, 3.8) is 0 Å². The van der Waals surface area contributed by atoms with Gasteiger partial charge in [-0.25, -0.2) is 0 Å². The molecule has 0 atom stereocenters. The summed E-state index contributed by atoms with van der Waals surface area (Å²) in [6, 6.07) is 14.7. The first kappa shape index (κ1) is 20.3. The first-order valence-corrected chi connectivity index (χ1v) is 8.92. The van der Waals surface area contributed by atoms with E-state index < -0.39 is 0 Å². The van der Waals surface area contributed by atoms with Crippen LogP contribution in [0.2, 0.25) is 0 Å². The number of amides is 2. The van der Waals surface area contributed by atoms with Crippen molar-refractivity contribution in [1.29, 1.82) is 0 Å². The lowest BCUT2D eigenvalue weighted by molar-refractivity contribution is -0.130. The Balaban J connectivity index is 1.77. The minimum atomic E-state index is -0.110. The van der Waals surface area contributed by atoms with E-state index in [1.165, 1.54) is 4.90 Å². The predicted molar refractivity (Wildman–Crippen MR) is 105 cm³/mol. The highest BCUT2D eigenvalue weighted by atomic mass is 16.5. The van der Waals surface area contributed by atoms with Crippen LogP contribution in [0.5, 0.6) is 11.5 Å². The monoisotopic (exact) mass is 370 g/mol. The van der Waals surface area contributed by atoms with Crippen molar-refractivity contribution in [2.24, 2.45) is 0 Å². The molecule has 0 saturated heterocycles. The molecule has 0 aliphatic carbocycles. The number of benzene rings is 2. The first-order chi connectivity index (χ1) is 13.0. The van der Waals surface area contributed by atoms with Crippen molar-refractivity contribution >= 4 is 17.5 Å². The second kappa shape index (κ2) is 10.2. The second-order valence-electron chi connectivity index (χ2n) is 6.23. The second-order valence-corrected chi connectivity index (χ2v) is 6.23. The molecule has 2 rings (SSSR count).